The number of fused-ring (bicyclic) bond motifs is 1. The number of anilines is 1. The average Bonchev–Trinajstić information content (AvgIpc) is 3.42. The van der Waals surface area contributed by atoms with Gasteiger partial charge in [-0.15, -0.1) is 0 Å². The molecule has 1 aliphatic carbocycles. The Kier molecular flexibility index (Phi) is 4.82. The molecule has 166 valence electrons. The monoisotopic (exact) mass is 473 g/mol. The number of hydrogen-bond acceptors (Lipinski definition) is 5. The Morgan fingerprint density at radius 2 is 1.94 bits per heavy atom. The van der Waals surface area contributed by atoms with E-state index in [0.717, 1.165) is 37.1 Å². The molecule has 4 heterocycles. The first kappa shape index (κ1) is 20.3. The largest absolute Gasteiger partial charge is 0.462 e. The molecule has 3 aliphatic rings. The fourth-order valence-electron chi connectivity index (χ4n) is 4.99. The molecule has 0 radical (unpaired) electrons. The van der Waals surface area contributed by atoms with Crippen molar-refractivity contribution < 1.29 is 9.13 Å². The number of nitrogens with zero attached hydrogens (tertiary/aromatic N) is 3. The third-order valence-corrected chi connectivity index (χ3v) is 7.75. The summed E-state index contributed by atoms with van der Waals surface area (Å²) < 4.78 is 22.0. The van der Waals surface area contributed by atoms with Crippen LogP contribution in [0.3, 0.4) is 0 Å². The maximum atomic E-state index is 13.9. The van der Waals surface area contributed by atoms with Gasteiger partial charge in [-0.05, 0) is 49.3 Å². The molecule has 1 saturated carbocycles. The number of nitrogens with one attached hydrogen (secondary N) is 2. The van der Waals surface area contributed by atoms with E-state index in [4.69, 9.17) is 27.9 Å². The van der Waals surface area contributed by atoms with E-state index >= 15 is 0 Å². The van der Waals surface area contributed by atoms with Crippen LogP contribution < -0.4 is 15.4 Å². The molecule has 1 saturated heterocycles. The predicted molar refractivity (Wildman–Crippen MR) is 122 cm³/mol. The van der Waals surface area contributed by atoms with Crippen molar-refractivity contribution in [1.82, 2.24) is 20.1 Å². The molecule has 2 aliphatic heterocycles. The Hall–Kier alpha value is -2.35. The molecule has 0 unspecified atom stereocenters. The summed E-state index contributed by atoms with van der Waals surface area (Å²) in [6, 6.07) is 5.05. The Morgan fingerprint density at radius 3 is 2.69 bits per heavy atom. The first-order valence-corrected chi connectivity index (χ1v) is 11.6. The van der Waals surface area contributed by atoms with Gasteiger partial charge in [-0.1, -0.05) is 23.2 Å². The molecule has 2 aromatic heterocycles. The quantitative estimate of drug-likeness (QED) is 0.484. The molecule has 2 fully saturated rings. The molecular formula is C23H22Cl2FN5O. The summed E-state index contributed by atoms with van der Waals surface area (Å²) in [5.74, 6) is 0.582. The van der Waals surface area contributed by atoms with Crippen LogP contribution in [0.25, 0.3) is 11.1 Å². The summed E-state index contributed by atoms with van der Waals surface area (Å²) in [7, 11) is 0. The number of hydrogen-bond donors (Lipinski definition) is 2. The lowest BCUT2D eigenvalue weighted by molar-refractivity contribution is 0.0813. The number of pyridine rings is 1. The second-order valence-electron chi connectivity index (χ2n) is 9.01. The van der Waals surface area contributed by atoms with Gasteiger partial charge in [0.05, 0.1) is 27.8 Å². The number of halogens is 3. The van der Waals surface area contributed by atoms with E-state index in [2.05, 4.69) is 31.6 Å². The van der Waals surface area contributed by atoms with E-state index < -0.39 is 12.0 Å². The van der Waals surface area contributed by atoms with Crippen molar-refractivity contribution in [3.8, 4) is 16.9 Å². The van der Waals surface area contributed by atoms with Crippen molar-refractivity contribution in [2.45, 2.75) is 38.0 Å². The summed E-state index contributed by atoms with van der Waals surface area (Å²) in [5.41, 5.74) is 2.78. The minimum absolute atomic E-state index is 0.0590. The highest BCUT2D eigenvalue weighted by atomic mass is 35.5. The maximum Gasteiger partial charge on any atom is 0.200 e. The zero-order valence-electron chi connectivity index (χ0n) is 17.2. The van der Waals surface area contributed by atoms with Gasteiger partial charge in [-0.3, -0.25) is 4.68 Å². The summed E-state index contributed by atoms with van der Waals surface area (Å²) in [5, 5.41) is 11.4. The molecule has 1 atom stereocenters. The second-order valence-corrected chi connectivity index (χ2v) is 9.80. The predicted octanol–water partition coefficient (Wildman–Crippen LogP) is 5.60. The van der Waals surface area contributed by atoms with Crippen LogP contribution in [-0.4, -0.2) is 27.9 Å². The lowest BCUT2D eigenvalue weighted by Crippen LogP contribution is -2.54. The maximum absolute atomic E-state index is 13.9. The highest BCUT2D eigenvalue weighted by Gasteiger charge is 2.40. The molecule has 3 aromatic rings. The Morgan fingerprint density at radius 1 is 1.12 bits per heavy atom. The first-order valence-electron chi connectivity index (χ1n) is 10.8. The van der Waals surface area contributed by atoms with Gasteiger partial charge in [0, 0.05) is 36.6 Å². The van der Waals surface area contributed by atoms with Gasteiger partial charge in [-0.25, -0.2) is 9.37 Å². The molecular weight excluding hydrogens is 452 g/mol. The van der Waals surface area contributed by atoms with E-state index in [0.29, 0.717) is 33.6 Å². The highest BCUT2D eigenvalue weighted by Crippen LogP contribution is 2.45. The van der Waals surface area contributed by atoms with Crippen molar-refractivity contribution in [3.63, 3.8) is 0 Å². The van der Waals surface area contributed by atoms with Crippen LogP contribution in [0.4, 0.5) is 10.2 Å². The van der Waals surface area contributed by atoms with Gasteiger partial charge >= 0.3 is 0 Å². The third kappa shape index (κ3) is 3.34. The van der Waals surface area contributed by atoms with Crippen molar-refractivity contribution in [2.75, 3.05) is 18.4 Å². The average molecular weight is 474 g/mol. The van der Waals surface area contributed by atoms with Gasteiger partial charge in [-0.2, -0.15) is 5.10 Å². The number of ether oxygens (including phenoxy) is 1. The second kappa shape index (κ2) is 7.61. The van der Waals surface area contributed by atoms with Crippen LogP contribution in [-0.2, 0) is 0 Å². The van der Waals surface area contributed by atoms with E-state index in [-0.39, 0.29) is 5.02 Å². The molecule has 1 aromatic carbocycles. The van der Waals surface area contributed by atoms with Gasteiger partial charge in [0.2, 0.25) is 6.23 Å². The van der Waals surface area contributed by atoms with E-state index in [1.807, 2.05) is 12.3 Å². The minimum Gasteiger partial charge on any atom is -0.462 e. The summed E-state index contributed by atoms with van der Waals surface area (Å²) in [6.07, 6.45) is 9.87. The lowest BCUT2D eigenvalue weighted by atomic mass is 9.68. The van der Waals surface area contributed by atoms with Crippen LogP contribution in [0.2, 0.25) is 10.0 Å². The molecule has 6 rings (SSSR count). The standard InChI is InChI=1S/C23H22Cl2FN5O/c24-16-1-2-17(26)20(25)19(16)22-30-21-18(32-22)7-13(8-28-21)14-9-29-31(10-14)15-3-5-23(6-4-15)11-27-12-23/h1-2,7-10,15,22,27H,3-6,11-12H2,(H,28,30)/t22-/m0/s1. The number of aromatic nitrogens is 3. The van der Waals surface area contributed by atoms with Gasteiger partial charge < -0.3 is 15.4 Å². The molecule has 0 bridgehead atoms. The fraction of sp³-hybridized carbons (Fsp3) is 0.391. The Bertz CT molecular complexity index is 1190. The van der Waals surface area contributed by atoms with Gasteiger partial charge in [0.1, 0.15) is 5.82 Å². The minimum atomic E-state index is -0.707. The third-order valence-electron chi connectivity index (χ3n) is 7.03. The number of rotatable bonds is 3. The SMILES string of the molecule is Fc1ccc(Cl)c([C@H]2Nc3ncc(-c4cnn(C5CCC6(CC5)CNC6)c4)cc3O2)c1Cl. The van der Waals surface area contributed by atoms with Crippen molar-refractivity contribution >= 4 is 29.0 Å². The Labute approximate surface area is 195 Å². The van der Waals surface area contributed by atoms with E-state index in [9.17, 15) is 4.39 Å². The topological polar surface area (TPSA) is 64.0 Å². The van der Waals surface area contributed by atoms with Crippen molar-refractivity contribution in [2.24, 2.45) is 5.41 Å². The van der Waals surface area contributed by atoms with E-state index in [1.54, 1.807) is 6.20 Å². The van der Waals surface area contributed by atoms with Crippen LogP contribution in [0.5, 0.6) is 5.75 Å². The van der Waals surface area contributed by atoms with Gasteiger partial charge in [0.25, 0.3) is 0 Å². The summed E-state index contributed by atoms with van der Waals surface area (Å²) >= 11 is 12.4. The summed E-state index contributed by atoms with van der Waals surface area (Å²) in [6.45, 7) is 2.32. The smallest absolute Gasteiger partial charge is 0.200 e. The molecule has 2 N–H and O–H groups in total. The zero-order chi connectivity index (χ0) is 21.9. The van der Waals surface area contributed by atoms with Crippen molar-refractivity contribution in [3.05, 3.63) is 58.2 Å². The zero-order valence-corrected chi connectivity index (χ0v) is 18.8. The fourth-order valence-corrected chi connectivity index (χ4v) is 5.56. The molecule has 9 heteroatoms. The Balaban J connectivity index is 1.20. The molecule has 1 spiro atoms. The molecule has 0 amide bonds. The first-order chi connectivity index (χ1) is 15.5. The van der Waals surface area contributed by atoms with Crippen molar-refractivity contribution in [1.29, 1.82) is 0 Å². The lowest BCUT2D eigenvalue weighted by Gasteiger charge is -2.47. The normalized spacial score (nSPS) is 21.7. The molecule has 6 nitrogen and oxygen atoms in total. The van der Waals surface area contributed by atoms with Crippen LogP contribution in [0, 0.1) is 11.2 Å². The summed E-state index contributed by atoms with van der Waals surface area (Å²) in [4.78, 5) is 4.49. The van der Waals surface area contributed by atoms with Crippen LogP contribution >= 0.6 is 23.2 Å². The van der Waals surface area contributed by atoms with Crippen LogP contribution in [0.1, 0.15) is 43.5 Å². The van der Waals surface area contributed by atoms with Gasteiger partial charge in [0.15, 0.2) is 11.6 Å². The number of benzene rings is 1. The highest BCUT2D eigenvalue weighted by molar-refractivity contribution is 6.36. The molecule has 32 heavy (non-hydrogen) atoms. The van der Waals surface area contributed by atoms with E-state index in [1.165, 1.54) is 25.0 Å². The van der Waals surface area contributed by atoms with Crippen LogP contribution in [0.15, 0.2) is 36.8 Å².